The molecular weight excluding hydrogens is 413 g/mol. The normalized spacial score (nSPS) is 30.9. The van der Waals surface area contributed by atoms with Crippen LogP contribution in [-0.4, -0.2) is 82.8 Å². The first kappa shape index (κ1) is 21.4. The number of fused-ring (bicyclic) bond motifs is 1. The molecule has 1 aliphatic carbocycles. The van der Waals surface area contributed by atoms with E-state index in [0.717, 1.165) is 0 Å². The Morgan fingerprint density at radius 3 is 2.63 bits per heavy atom. The van der Waals surface area contributed by atoms with E-state index >= 15 is 0 Å². The highest BCUT2D eigenvalue weighted by atomic mass is 32.2. The van der Waals surface area contributed by atoms with E-state index in [-0.39, 0.29) is 18.9 Å². The number of piperidine rings is 1. The average molecular weight is 442 g/mol. The van der Waals surface area contributed by atoms with Crippen molar-refractivity contribution in [2.75, 3.05) is 29.6 Å². The van der Waals surface area contributed by atoms with Crippen LogP contribution in [0.3, 0.4) is 0 Å². The molecule has 1 aromatic heterocycles. The van der Waals surface area contributed by atoms with Crippen molar-refractivity contribution in [1.82, 2.24) is 14.3 Å². The minimum Gasteiger partial charge on any atom is -0.393 e. The second-order valence-electron chi connectivity index (χ2n) is 8.28. The van der Waals surface area contributed by atoms with Crippen LogP contribution >= 0.6 is 0 Å². The number of sulfonamides is 1. The number of nitrogens with one attached hydrogen (secondary N) is 1. The van der Waals surface area contributed by atoms with Gasteiger partial charge in [-0.15, -0.1) is 0 Å². The highest BCUT2D eigenvalue weighted by molar-refractivity contribution is 7.88. The Morgan fingerprint density at radius 2 is 1.93 bits per heavy atom. The maximum atomic E-state index is 14.7. The lowest BCUT2D eigenvalue weighted by Crippen LogP contribution is -2.52. The molecule has 166 valence electrons. The van der Waals surface area contributed by atoms with Gasteiger partial charge in [0.05, 0.1) is 18.4 Å². The van der Waals surface area contributed by atoms with E-state index in [9.17, 15) is 23.0 Å². The molecule has 2 aliphatic heterocycles. The molecule has 1 aromatic rings. The number of aliphatic hydroxyl groups is 2. The molecule has 0 radical (unpaired) electrons. The van der Waals surface area contributed by atoms with E-state index in [2.05, 4.69) is 15.3 Å². The quantitative estimate of drug-likeness (QED) is 0.625. The molecule has 11 heteroatoms. The number of halogens is 1. The molecule has 30 heavy (non-hydrogen) atoms. The van der Waals surface area contributed by atoms with E-state index in [0.29, 0.717) is 49.7 Å². The number of hydrogen-bond donors (Lipinski definition) is 3. The zero-order chi connectivity index (χ0) is 21.5. The van der Waals surface area contributed by atoms with Crippen molar-refractivity contribution in [3.05, 3.63) is 17.8 Å². The summed E-state index contributed by atoms with van der Waals surface area (Å²) < 4.78 is 39.5. The second-order valence-corrected chi connectivity index (χ2v) is 10.3. The Bertz CT molecular complexity index is 906. The lowest BCUT2D eigenvalue weighted by molar-refractivity contribution is 0.0625. The summed E-state index contributed by atoms with van der Waals surface area (Å²) in [6.07, 6.45) is 5.41. The standard InChI is InChI=1S/C19H28FN5O4S/c1-30(28,29)24-8-6-13(7-9-24)22-19-21-11-12-2-5-17(27)25(18(12)23-19)16-10-14(26)3-4-15(16)20/h2,5,11,13-17,26-27H,3-4,6-10H2,1H3,(H,21,22,23)/t14-,15+,16+,17?/m1/s1. The van der Waals surface area contributed by atoms with E-state index in [1.54, 1.807) is 18.3 Å². The fraction of sp³-hybridized carbons (Fsp3) is 0.684. The number of aromatic nitrogens is 2. The van der Waals surface area contributed by atoms with Gasteiger partial charge in [0, 0.05) is 30.9 Å². The maximum absolute atomic E-state index is 14.7. The van der Waals surface area contributed by atoms with Crippen molar-refractivity contribution in [3.63, 3.8) is 0 Å². The van der Waals surface area contributed by atoms with E-state index in [4.69, 9.17) is 0 Å². The Balaban J connectivity index is 1.52. The topological polar surface area (TPSA) is 119 Å². The van der Waals surface area contributed by atoms with Gasteiger partial charge in [-0.2, -0.15) is 4.98 Å². The van der Waals surface area contributed by atoms with Gasteiger partial charge >= 0.3 is 0 Å². The molecule has 3 N–H and O–H groups in total. The first-order chi connectivity index (χ1) is 14.2. The largest absolute Gasteiger partial charge is 0.393 e. The maximum Gasteiger partial charge on any atom is 0.224 e. The minimum absolute atomic E-state index is 0.0176. The predicted octanol–water partition coefficient (Wildman–Crippen LogP) is 0.716. The van der Waals surface area contributed by atoms with Crippen molar-refractivity contribution >= 4 is 27.9 Å². The molecular formula is C19H28FN5O4S. The first-order valence-electron chi connectivity index (χ1n) is 10.3. The number of hydrogen-bond acceptors (Lipinski definition) is 8. The SMILES string of the molecule is CS(=O)(=O)N1CCC(Nc2ncc3c(n2)N([C@H]2C[C@H](O)CC[C@@H]2F)C(O)C=C3)CC1. The molecule has 1 saturated heterocycles. The molecule has 9 nitrogen and oxygen atoms in total. The fourth-order valence-electron chi connectivity index (χ4n) is 4.43. The van der Waals surface area contributed by atoms with Gasteiger partial charge in [-0.05, 0) is 44.3 Å². The zero-order valence-electron chi connectivity index (χ0n) is 16.9. The van der Waals surface area contributed by atoms with Gasteiger partial charge in [0.1, 0.15) is 18.2 Å². The molecule has 4 rings (SSSR count). The predicted molar refractivity (Wildman–Crippen MR) is 111 cm³/mol. The summed E-state index contributed by atoms with van der Waals surface area (Å²) in [5.41, 5.74) is 0.671. The van der Waals surface area contributed by atoms with Crippen LogP contribution in [-0.2, 0) is 10.0 Å². The van der Waals surface area contributed by atoms with Crippen LogP contribution < -0.4 is 10.2 Å². The van der Waals surface area contributed by atoms with Crippen molar-refractivity contribution in [2.45, 2.75) is 62.7 Å². The molecule has 4 atom stereocenters. The van der Waals surface area contributed by atoms with Gasteiger partial charge in [0.25, 0.3) is 0 Å². The highest BCUT2D eigenvalue weighted by Gasteiger charge is 2.39. The third-order valence-corrected chi connectivity index (χ3v) is 7.40. The summed E-state index contributed by atoms with van der Waals surface area (Å²) in [6, 6.07) is -0.655. The molecule has 3 aliphatic rings. The molecule has 0 bridgehead atoms. The van der Waals surface area contributed by atoms with E-state index in [1.807, 2.05) is 0 Å². The highest BCUT2D eigenvalue weighted by Crippen LogP contribution is 2.35. The van der Waals surface area contributed by atoms with Crippen LogP contribution in [0.25, 0.3) is 6.08 Å². The Labute approximate surface area is 175 Å². The summed E-state index contributed by atoms with van der Waals surface area (Å²) in [4.78, 5) is 10.4. The van der Waals surface area contributed by atoms with Crippen LogP contribution in [0.5, 0.6) is 0 Å². The monoisotopic (exact) mass is 441 g/mol. The van der Waals surface area contributed by atoms with Crippen molar-refractivity contribution in [3.8, 4) is 0 Å². The van der Waals surface area contributed by atoms with Crippen LogP contribution in [0.1, 0.15) is 37.7 Å². The molecule has 0 aromatic carbocycles. The number of alkyl halides is 1. The summed E-state index contributed by atoms with van der Waals surface area (Å²) >= 11 is 0. The Morgan fingerprint density at radius 1 is 1.20 bits per heavy atom. The molecule has 3 heterocycles. The molecule has 0 spiro atoms. The molecule has 0 amide bonds. The van der Waals surface area contributed by atoms with Crippen molar-refractivity contribution in [1.29, 1.82) is 0 Å². The van der Waals surface area contributed by atoms with E-state index in [1.165, 1.54) is 15.5 Å². The number of anilines is 2. The smallest absolute Gasteiger partial charge is 0.224 e. The van der Waals surface area contributed by atoms with Crippen LogP contribution in [0.4, 0.5) is 16.2 Å². The fourth-order valence-corrected chi connectivity index (χ4v) is 5.30. The summed E-state index contributed by atoms with van der Waals surface area (Å²) in [7, 11) is -3.19. The van der Waals surface area contributed by atoms with E-state index < -0.39 is 34.6 Å². The Hall–Kier alpha value is -1.82. The third kappa shape index (κ3) is 4.43. The van der Waals surface area contributed by atoms with Crippen LogP contribution in [0.15, 0.2) is 12.3 Å². The lowest BCUT2D eigenvalue weighted by Gasteiger charge is -2.42. The first-order valence-corrected chi connectivity index (χ1v) is 12.1. The van der Waals surface area contributed by atoms with Gasteiger partial charge in [-0.1, -0.05) is 0 Å². The van der Waals surface area contributed by atoms with Gasteiger partial charge < -0.3 is 20.4 Å². The minimum atomic E-state index is -3.19. The van der Waals surface area contributed by atoms with Crippen LogP contribution in [0.2, 0.25) is 0 Å². The number of aliphatic hydroxyl groups excluding tert-OH is 2. The number of nitrogens with zero attached hydrogens (tertiary/aromatic N) is 4. The van der Waals surface area contributed by atoms with Gasteiger partial charge in [-0.3, -0.25) is 0 Å². The van der Waals surface area contributed by atoms with Gasteiger partial charge in [0.15, 0.2) is 0 Å². The molecule has 1 unspecified atom stereocenters. The lowest BCUT2D eigenvalue weighted by atomic mass is 9.89. The van der Waals surface area contributed by atoms with Gasteiger partial charge in [0.2, 0.25) is 16.0 Å². The second kappa shape index (κ2) is 8.37. The summed E-state index contributed by atoms with van der Waals surface area (Å²) in [5, 5.41) is 23.8. The number of rotatable bonds is 4. The van der Waals surface area contributed by atoms with Crippen molar-refractivity contribution in [2.24, 2.45) is 0 Å². The molecule has 1 saturated carbocycles. The third-order valence-electron chi connectivity index (χ3n) is 6.09. The average Bonchev–Trinajstić information content (AvgIpc) is 2.70. The van der Waals surface area contributed by atoms with Crippen molar-refractivity contribution < 1.29 is 23.0 Å². The van der Waals surface area contributed by atoms with Crippen LogP contribution in [0, 0.1) is 0 Å². The zero-order valence-corrected chi connectivity index (χ0v) is 17.7. The molecule has 2 fully saturated rings. The Kier molecular flexibility index (Phi) is 5.97. The summed E-state index contributed by atoms with van der Waals surface area (Å²) in [5.74, 6) is 0.781. The van der Waals surface area contributed by atoms with Gasteiger partial charge in [-0.25, -0.2) is 22.1 Å². The summed E-state index contributed by atoms with van der Waals surface area (Å²) in [6.45, 7) is 0.858.